The molecule has 0 spiro atoms. The molecule has 0 fully saturated rings. The zero-order chi connectivity index (χ0) is 86.8. The first-order chi connectivity index (χ1) is 61.0. The minimum absolute atomic E-state index is 0.120. The number of fused-ring (bicyclic) bond motifs is 12. The predicted octanol–water partition coefficient (Wildman–Crippen LogP) is 30.7. The predicted molar refractivity (Wildman–Crippen MR) is 545 cm³/mol. The molecule has 0 radical (unpaired) electrons. The second kappa shape index (κ2) is 32.4. The summed E-state index contributed by atoms with van der Waals surface area (Å²) in [7, 11) is 0. The SMILES string of the molecule is CC(C)c1cc(C(C)C)c(B2Sc3ccc(N4c5ccccc5C(C)(C)c5ccccc54)cc3-c3cc(N4c5ccccc5C(C)(C)c5ccccc54)ccc32)c(C(C)C)c1.Cc1cc(C)c(B2Sc3ccccc3-c3cc(N4c5ccc(N(c6ccccc6)c6ccccc6)cc5C(C)(C)c5cc(N(c6ccccc6)c6ccccc6)ccc54)ccc32)c(C)c1. The largest absolute Gasteiger partial charge is 0.310 e. The van der Waals surface area contributed by atoms with Crippen molar-refractivity contribution in [1.29, 1.82) is 0 Å². The van der Waals surface area contributed by atoms with Gasteiger partial charge in [0, 0.05) is 77.2 Å². The van der Waals surface area contributed by atoms with E-state index in [-0.39, 0.29) is 28.2 Å². The highest BCUT2D eigenvalue weighted by atomic mass is 32.2. The number of rotatable bonds is 14. The van der Waals surface area contributed by atoms with Crippen molar-refractivity contribution in [1.82, 2.24) is 0 Å². The molecule has 0 bridgehead atoms. The van der Waals surface area contributed by atoms with Crippen LogP contribution >= 0.6 is 23.2 Å². The van der Waals surface area contributed by atoms with E-state index >= 15 is 0 Å². The van der Waals surface area contributed by atoms with Crippen LogP contribution in [-0.2, 0) is 16.2 Å². The quantitative estimate of drug-likeness (QED) is 0.0996. The summed E-state index contributed by atoms with van der Waals surface area (Å²) in [6.07, 6.45) is 0. The van der Waals surface area contributed by atoms with Gasteiger partial charge in [-0.15, -0.1) is 0 Å². The molecular formula is C117H107B2N5S2. The molecule has 618 valence electrons. The molecule has 5 aliphatic heterocycles. The third-order valence-electron chi connectivity index (χ3n) is 27.4. The molecule has 0 atom stereocenters. The Balaban J connectivity index is 0.000000159. The molecule has 21 rings (SSSR count). The first-order valence-corrected chi connectivity index (χ1v) is 46.8. The zero-order valence-corrected chi connectivity index (χ0v) is 76.6. The number of para-hydroxylation sites is 8. The second-order valence-corrected chi connectivity index (χ2v) is 39.8. The Kier molecular flexibility index (Phi) is 21.0. The maximum absolute atomic E-state index is 2.53. The average molecular weight is 1670 g/mol. The lowest BCUT2D eigenvalue weighted by molar-refractivity contribution is 0.631. The Morgan fingerprint density at radius 1 is 0.262 bits per heavy atom. The first-order valence-electron chi connectivity index (χ1n) is 45.0. The summed E-state index contributed by atoms with van der Waals surface area (Å²) in [6.45, 7) is 35.2. The van der Waals surface area contributed by atoms with Crippen LogP contribution in [0.2, 0.25) is 0 Å². The fourth-order valence-corrected chi connectivity index (χ4v) is 24.1. The first kappa shape index (κ1) is 81.7. The van der Waals surface area contributed by atoms with E-state index in [1.54, 1.807) is 0 Å². The van der Waals surface area contributed by atoms with E-state index in [9.17, 15) is 0 Å². The van der Waals surface area contributed by atoms with Crippen LogP contribution < -0.4 is 46.4 Å². The molecule has 9 heteroatoms. The number of benzene rings is 16. The van der Waals surface area contributed by atoms with Crippen LogP contribution in [0.15, 0.2) is 368 Å². The van der Waals surface area contributed by atoms with Gasteiger partial charge >= 0.3 is 0 Å². The van der Waals surface area contributed by atoms with Crippen molar-refractivity contribution in [2.45, 2.75) is 148 Å². The van der Waals surface area contributed by atoms with Crippen molar-refractivity contribution in [2.75, 3.05) is 24.5 Å². The molecule has 16 aromatic rings. The average Bonchev–Trinajstić information content (AvgIpc) is 0.715. The van der Waals surface area contributed by atoms with Gasteiger partial charge in [0.05, 0.1) is 34.1 Å². The summed E-state index contributed by atoms with van der Waals surface area (Å²) in [6, 6.07) is 134. The summed E-state index contributed by atoms with van der Waals surface area (Å²) in [5, 5.41) is 0. The van der Waals surface area contributed by atoms with Crippen molar-refractivity contribution >= 4 is 142 Å². The molecule has 0 aromatic heterocycles. The highest BCUT2D eigenvalue weighted by Gasteiger charge is 2.44. The van der Waals surface area contributed by atoms with Gasteiger partial charge in [-0.05, 0) is 269 Å². The topological polar surface area (TPSA) is 16.2 Å². The van der Waals surface area contributed by atoms with Crippen molar-refractivity contribution in [2.24, 2.45) is 0 Å². The van der Waals surface area contributed by atoms with Gasteiger partial charge in [0.25, 0.3) is 12.0 Å². The molecule has 0 saturated heterocycles. The van der Waals surface area contributed by atoms with Gasteiger partial charge in [-0.3, -0.25) is 0 Å². The van der Waals surface area contributed by atoms with Crippen molar-refractivity contribution in [3.8, 4) is 22.3 Å². The summed E-state index contributed by atoms with van der Waals surface area (Å²) >= 11 is 4.03. The molecule has 5 nitrogen and oxygen atoms in total. The number of nitrogens with zero attached hydrogens (tertiary/aromatic N) is 5. The van der Waals surface area contributed by atoms with Crippen LogP contribution in [0.5, 0.6) is 0 Å². The van der Waals surface area contributed by atoms with E-state index in [2.05, 4.69) is 486 Å². The lowest BCUT2D eigenvalue weighted by Crippen LogP contribution is -2.46. The third-order valence-corrected chi connectivity index (χ3v) is 30.1. The summed E-state index contributed by atoms with van der Waals surface area (Å²) in [5.74, 6) is 1.59. The molecule has 5 aliphatic rings. The minimum atomic E-state index is -0.381. The maximum Gasteiger partial charge on any atom is 0.282 e. The zero-order valence-electron chi connectivity index (χ0n) is 75.0. The van der Waals surface area contributed by atoms with Gasteiger partial charge in [-0.25, -0.2) is 0 Å². The maximum atomic E-state index is 2.53. The number of aryl methyl sites for hydroxylation is 3. The molecule has 0 amide bonds. The molecule has 0 unspecified atom stereocenters. The highest BCUT2D eigenvalue weighted by molar-refractivity contribution is 8.28. The van der Waals surface area contributed by atoms with Gasteiger partial charge in [-0.2, -0.15) is 23.2 Å². The summed E-state index contributed by atoms with van der Waals surface area (Å²) in [4.78, 5) is 15.0. The number of hydrogen-bond acceptors (Lipinski definition) is 7. The Morgan fingerprint density at radius 2 is 0.579 bits per heavy atom. The fraction of sp³-hybridized carbons (Fsp3) is 0.179. The summed E-state index contributed by atoms with van der Waals surface area (Å²) in [5.41, 5.74) is 44.2. The van der Waals surface area contributed by atoms with Crippen molar-refractivity contribution < 1.29 is 0 Å². The molecular weight excluding hydrogens is 1560 g/mol. The molecule has 0 saturated carbocycles. The van der Waals surface area contributed by atoms with E-state index in [1.165, 1.54) is 166 Å². The highest BCUT2D eigenvalue weighted by Crippen LogP contribution is 2.59. The molecule has 5 heterocycles. The van der Waals surface area contributed by atoms with Gasteiger partial charge < -0.3 is 24.5 Å². The van der Waals surface area contributed by atoms with E-state index in [1.807, 2.05) is 23.2 Å². The Hall–Kier alpha value is -12.7. The number of anilines is 15. The molecule has 0 N–H and O–H groups in total. The van der Waals surface area contributed by atoms with Gasteiger partial charge in [0.2, 0.25) is 0 Å². The third kappa shape index (κ3) is 14.0. The van der Waals surface area contributed by atoms with Crippen molar-refractivity contribution in [3.63, 3.8) is 0 Å². The second-order valence-electron chi connectivity index (χ2n) is 37.5. The smallest absolute Gasteiger partial charge is 0.282 e. The Morgan fingerprint density at radius 3 is 0.968 bits per heavy atom. The van der Waals surface area contributed by atoms with E-state index < -0.39 is 0 Å². The Labute approximate surface area is 755 Å². The lowest BCUT2D eigenvalue weighted by Gasteiger charge is -2.43. The van der Waals surface area contributed by atoms with Crippen molar-refractivity contribution in [3.05, 3.63) is 425 Å². The monoisotopic (exact) mass is 1670 g/mol. The number of hydrogen-bond donors (Lipinski definition) is 0. The normalized spacial score (nSPS) is 14.4. The standard InChI is InChI=1S/C60H50BN3S.C57H57BN2S/c1-41-36-42(2)59(43(3)37-41)61-55-33-30-48(38-52(55)51-28-18-19-29-58(51)65-61)64-56-34-31-49(62(44-20-10-6-11-21-44)45-22-12-7-13-23-45)39-53(56)60(4,5)54-40-50(32-35-57(54)64)63(46-24-14-8-15-25-46)47-26-16-9-17-27-47;1-35(2)38-31-41(36(3)4)55(42(32-38)37(5)6)58-49-29-27-39(59-50-23-15-11-19-45(50)56(7,8)46-20-12-16-24-51(46)59)33-43(49)44-34-40(28-30-54(44)61-58)60-52-25-17-13-21-47(52)57(9,10)48-22-14-18-26-53(48)60/h6-40H,1-5H3;11-37H,1-10H3. The summed E-state index contributed by atoms with van der Waals surface area (Å²) < 4.78 is 0. The van der Waals surface area contributed by atoms with Gasteiger partial charge in [0.1, 0.15) is 0 Å². The van der Waals surface area contributed by atoms with Crippen LogP contribution in [-0.4, -0.2) is 12.0 Å². The minimum Gasteiger partial charge on any atom is -0.310 e. The van der Waals surface area contributed by atoms with Gasteiger partial charge in [-0.1, -0.05) is 322 Å². The van der Waals surface area contributed by atoms with E-state index in [0.29, 0.717) is 17.8 Å². The van der Waals surface area contributed by atoms with Crippen LogP contribution in [0.4, 0.5) is 85.3 Å². The molecule has 126 heavy (non-hydrogen) atoms. The van der Waals surface area contributed by atoms with Crippen LogP contribution in [0, 0.1) is 20.8 Å². The van der Waals surface area contributed by atoms with Crippen LogP contribution in [0.1, 0.15) is 168 Å². The molecule has 16 aromatic carbocycles. The lowest BCUT2D eigenvalue weighted by atomic mass is 9.54. The van der Waals surface area contributed by atoms with E-state index in [4.69, 9.17) is 0 Å². The van der Waals surface area contributed by atoms with Crippen LogP contribution in [0.3, 0.4) is 0 Å². The van der Waals surface area contributed by atoms with Gasteiger partial charge in [0.15, 0.2) is 0 Å². The van der Waals surface area contributed by atoms with E-state index in [0.717, 1.165) is 39.8 Å². The fourth-order valence-electron chi connectivity index (χ4n) is 21.1. The Bertz CT molecular complexity index is 6530. The van der Waals surface area contributed by atoms with Crippen LogP contribution in [0.25, 0.3) is 22.3 Å². The molecule has 0 aliphatic carbocycles.